The van der Waals surface area contributed by atoms with Gasteiger partial charge in [-0.2, -0.15) is 0 Å². The predicted octanol–water partition coefficient (Wildman–Crippen LogP) is -0.289. The highest BCUT2D eigenvalue weighted by Gasteiger charge is 2.23. The minimum Gasteiger partial charge on any atom is -0.507 e. The van der Waals surface area contributed by atoms with Crippen molar-refractivity contribution in [1.82, 2.24) is 10.3 Å². The lowest BCUT2D eigenvalue weighted by atomic mass is 9.93. The Hall–Kier alpha value is -1.82. The van der Waals surface area contributed by atoms with Gasteiger partial charge in [0, 0.05) is 17.8 Å². The molecule has 1 aromatic rings. The number of quaternary nitrogens is 1. The van der Waals surface area contributed by atoms with E-state index in [1.807, 2.05) is 0 Å². The molecule has 6 heteroatoms. The third-order valence-corrected chi connectivity index (χ3v) is 3.67. The number of carbonyl (C=O) groups excluding carboxylic acids is 1. The monoisotopic (exact) mass is 280 g/mol. The summed E-state index contributed by atoms with van der Waals surface area (Å²) < 4.78 is 0. The van der Waals surface area contributed by atoms with Crippen molar-refractivity contribution in [3.63, 3.8) is 0 Å². The highest BCUT2D eigenvalue weighted by molar-refractivity contribution is 5.96. The zero-order chi connectivity index (χ0) is 14.5. The molecule has 1 amide bonds. The maximum atomic E-state index is 12.0. The zero-order valence-electron chi connectivity index (χ0n) is 11.6. The minimum atomic E-state index is -0.502. The Morgan fingerprint density at radius 3 is 2.80 bits per heavy atom. The van der Waals surface area contributed by atoms with Crippen LogP contribution in [0.4, 0.5) is 0 Å². The molecule has 1 aliphatic carbocycles. The van der Waals surface area contributed by atoms with Gasteiger partial charge in [-0.3, -0.25) is 9.59 Å². The minimum absolute atomic E-state index is 0.141. The van der Waals surface area contributed by atoms with E-state index in [1.165, 1.54) is 0 Å². The lowest BCUT2D eigenvalue weighted by Crippen LogP contribution is -2.50. The van der Waals surface area contributed by atoms with Gasteiger partial charge in [-0.1, -0.05) is 0 Å². The number of rotatable bonds is 5. The Labute approximate surface area is 117 Å². The van der Waals surface area contributed by atoms with Gasteiger partial charge in [0.1, 0.15) is 11.3 Å². The highest BCUT2D eigenvalue weighted by Crippen LogP contribution is 2.28. The van der Waals surface area contributed by atoms with Crippen LogP contribution in [-0.2, 0) is 12.8 Å². The fourth-order valence-electron chi connectivity index (χ4n) is 2.57. The summed E-state index contributed by atoms with van der Waals surface area (Å²) in [5.41, 5.74) is 4.57. The molecule has 6 nitrogen and oxygen atoms in total. The molecule has 0 spiro atoms. The largest absolute Gasteiger partial charge is 0.507 e. The van der Waals surface area contributed by atoms with Crippen LogP contribution in [0.1, 0.15) is 47.3 Å². The van der Waals surface area contributed by atoms with Crippen molar-refractivity contribution < 1.29 is 15.6 Å². The van der Waals surface area contributed by atoms with E-state index in [4.69, 9.17) is 0 Å². The average molecular weight is 280 g/mol. The second-order valence-corrected chi connectivity index (χ2v) is 5.16. The van der Waals surface area contributed by atoms with Crippen molar-refractivity contribution in [3.05, 3.63) is 27.2 Å². The Bertz CT molecular complexity index is 551. The van der Waals surface area contributed by atoms with Crippen molar-refractivity contribution >= 4 is 5.91 Å². The lowest BCUT2D eigenvalue weighted by Gasteiger charge is -2.18. The molecule has 0 radical (unpaired) electrons. The Morgan fingerprint density at radius 2 is 2.05 bits per heavy atom. The lowest BCUT2D eigenvalue weighted by molar-refractivity contribution is -0.368. The van der Waals surface area contributed by atoms with E-state index >= 15 is 0 Å². The molecule has 2 rings (SSSR count). The van der Waals surface area contributed by atoms with Crippen LogP contribution in [-0.4, -0.2) is 29.1 Å². The quantitative estimate of drug-likeness (QED) is 0.556. The molecular formula is C14H22N3O3+. The van der Waals surface area contributed by atoms with Crippen LogP contribution in [0, 0.1) is 0 Å². The number of aromatic nitrogens is 1. The summed E-state index contributed by atoms with van der Waals surface area (Å²) in [6, 6.07) is 0. The molecule has 1 aliphatic rings. The second kappa shape index (κ2) is 6.56. The maximum absolute atomic E-state index is 12.0. The number of aryl methyl sites for hydroxylation is 1. The van der Waals surface area contributed by atoms with Gasteiger partial charge >= 0.3 is 0 Å². The van der Waals surface area contributed by atoms with Crippen LogP contribution >= 0.6 is 0 Å². The average Bonchev–Trinajstić information content (AvgIpc) is 2.43. The number of hydrogen-bond acceptors (Lipinski definition) is 3. The molecule has 0 fully saturated rings. The zero-order valence-corrected chi connectivity index (χ0v) is 11.6. The predicted molar refractivity (Wildman–Crippen MR) is 74.7 cm³/mol. The number of aromatic hydroxyl groups is 1. The summed E-state index contributed by atoms with van der Waals surface area (Å²) in [4.78, 5) is 26.7. The van der Waals surface area contributed by atoms with Crippen LogP contribution in [0.25, 0.3) is 0 Å². The molecule has 1 aromatic heterocycles. The molecule has 0 aliphatic heterocycles. The van der Waals surface area contributed by atoms with Gasteiger partial charge in [0.2, 0.25) is 0 Å². The van der Waals surface area contributed by atoms with Gasteiger partial charge < -0.3 is 21.1 Å². The number of hydrogen-bond donors (Lipinski definition) is 4. The maximum Gasteiger partial charge on any atom is 0.264 e. The van der Waals surface area contributed by atoms with Crippen LogP contribution in [0.15, 0.2) is 4.79 Å². The number of H-pyrrole nitrogens is 1. The van der Waals surface area contributed by atoms with Crippen LogP contribution < -0.4 is 16.6 Å². The fraction of sp³-hybridized carbons (Fsp3) is 0.571. The number of fused-ring (bicyclic) bond motifs is 1. The number of pyridine rings is 1. The first-order valence-corrected chi connectivity index (χ1v) is 7.19. The van der Waals surface area contributed by atoms with Gasteiger partial charge in [0.25, 0.3) is 11.5 Å². The number of aromatic amines is 1. The first-order chi connectivity index (χ1) is 9.65. The summed E-state index contributed by atoms with van der Waals surface area (Å²) in [5, 5.41) is 12.9. The molecule has 1 heterocycles. The van der Waals surface area contributed by atoms with Gasteiger partial charge in [-0.05, 0) is 38.5 Å². The van der Waals surface area contributed by atoms with E-state index < -0.39 is 11.5 Å². The normalized spacial score (nSPS) is 13.8. The van der Waals surface area contributed by atoms with Crippen LogP contribution in [0.3, 0.4) is 0 Å². The van der Waals surface area contributed by atoms with Gasteiger partial charge in [-0.25, -0.2) is 0 Å². The fourth-order valence-corrected chi connectivity index (χ4v) is 2.57. The molecule has 0 bridgehead atoms. The van der Waals surface area contributed by atoms with E-state index in [0.29, 0.717) is 13.0 Å². The van der Waals surface area contributed by atoms with E-state index in [2.05, 4.69) is 16.0 Å². The third kappa shape index (κ3) is 3.01. The van der Waals surface area contributed by atoms with E-state index in [0.717, 1.165) is 49.9 Å². The van der Waals surface area contributed by atoms with Crippen molar-refractivity contribution in [2.24, 2.45) is 0 Å². The Balaban J connectivity index is 2.19. The van der Waals surface area contributed by atoms with Gasteiger partial charge in [0.15, 0.2) is 0 Å². The highest BCUT2D eigenvalue weighted by atomic mass is 16.3. The molecule has 0 atom stereocenters. The van der Waals surface area contributed by atoms with E-state index in [-0.39, 0.29) is 11.3 Å². The van der Waals surface area contributed by atoms with Gasteiger partial charge in [-0.15, -0.1) is 0 Å². The van der Waals surface area contributed by atoms with E-state index in [9.17, 15) is 14.7 Å². The van der Waals surface area contributed by atoms with Crippen LogP contribution in [0.5, 0.6) is 5.75 Å². The first-order valence-electron chi connectivity index (χ1n) is 7.19. The number of carbonyl (C=O) groups is 1. The van der Waals surface area contributed by atoms with E-state index in [1.54, 1.807) is 0 Å². The van der Waals surface area contributed by atoms with Crippen molar-refractivity contribution in [2.75, 3.05) is 13.1 Å². The number of unbranched alkanes of at least 4 members (excludes halogenated alkanes) is 1. The molecule has 110 valence electrons. The summed E-state index contributed by atoms with van der Waals surface area (Å²) in [6.07, 6.45) is 5.17. The molecule has 20 heavy (non-hydrogen) atoms. The summed E-state index contributed by atoms with van der Waals surface area (Å²) in [7, 11) is 0. The topological polar surface area (TPSA) is 110 Å². The Kier molecular flexibility index (Phi) is 4.79. The SMILES string of the molecule is [NH3+]CCCCNC(=O)c1c(O)c2c([nH]c1=O)CCCC2. The number of amides is 1. The van der Waals surface area contributed by atoms with Gasteiger partial charge in [0.05, 0.1) is 6.54 Å². The molecule has 0 unspecified atom stereocenters. The van der Waals surface area contributed by atoms with Crippen molar-refractivity contribution in [2.45, 2.75) is 38.5 Å². The number of nitrogens with one attached hydrogen (secondary N) is 2. The summed E-state index contributed by atoms with van der Waals surface area (Å²) in [5.74, 6) is -0.640. The molecule has 0 saturated heterocycles. The summed E-state index contributed by atoms with van der Waals surface area (Å²) >= 11 is 0. The molecule has 0 aromatic carbocycles. The Morgan fingerprint density at radius 1 is 1.30 bits per heavy atom. The molecule has 6 N–H and O–H groups in total. The molecular weight excluding hydrogens is 258 g/mol. The standard InChI is InChI=1S/C14H21N3O3/c15-7-3-4-8-16-13(19)11-12(18)9-5-1-2-6-10(9)17-14(11)20/h1-8,15H2,(H,16,19)(H2,17,18,20)/p+1. The molecule has 0 saturated carbocycles. The van der Waals surface area contributed by atoms with Crippen molar-refractivity contribution in [3.8, 4) is 5.75 Å². The third-order valence-electron chi connectivity index (χ3n) is 3.67. The van der Waals surface area contributed by atoms with Crippen molar-refractivity contribution in [1.29, 1.82) is 0 Å². The van der Waals surface area contributed by atoms with Crippen LogP contribution in [0.2, 0.25) is 0 Å². The first kappa shape index (κ1) is 14.6. The second-order valence-electron chi connectivity index (χ2n) is 5.16. The smallest absolute Gasteiger partial charge is 0.264 e. The summed E-state index contributed by atoms with van der Waals surface area (Å²) in [6.45, 7) is 1.31.